The molecular formula is C29H36BrO3P. The van der Waals surface area contributed by atoms with Crippen LogP contribution < -0.4 is 5.11 Å². The second kappa shape index (κ2) is 12.3. The fourth-order valence-corrected chi connectivity index (χ4v) is 11.3. The maximum Gasteiger partial charge on any atom is 0.233 e. The largest absolute Gasteiger partial charge is 0.872 e. The Labute approximate surface area is 213 Å². The van der Waals surface area contributed by atoms with Crippen molar-refractivity contribution >= 4 is 40.5 Å². The fourth-order valence-electron chi connectivity index (χ4n) is 5.16. The standard InChI is InChI=1S/C29H36BrO3P/c1-4-7-18-34(19-8-5-2,20-9-6-3)29(21-14-16-22(30)17-15-21)25-26(31)23-12-10-11-13-24(23)27(32)28(25)33/h10-17,29H,4-9,18-20H2,1-3H3/t29-/m1/s1. The minimum atomic E-state index is -1.82. The zero-order valence-electron chi connectivity index (χ0n) is 20.6. The van der Waals surface area contributed by atoms with Gasteiger partial charge in [-0.1, -0.05) is 98.1 Å². The highest BCUT2D eigenvalue weighted by Gasteiger charge is 2.50. The van der Waals surface area contributed by atoms with Crippen LogP contribution in [0.15, 0.2) is 58.6 Å². The van der Waals surface area contributed by atoms with Crippen molar-refractivity contribution in [2.75, 3.05) is 18.5 Å². The van der Waals surface area contributed by atoms with E-state index in [0.717, 1.165) is 67.0 Å². The van der Waals surface area contributed by atoms with Crippen LogP contribution in [-0.2, 0) is 4.79 Å². The topological polar surface area (TPSA) is 57.2 Å². The van der Waals surface area contributed by atoms with E-state index in [2.05, 4.69) is 36.7 Å². The van der Waals surface area contributed by atoms with Gasteiger partial charge < -0.3 is 5.11 Å². The molecule has 1 aliphatic rings. The molecular weight excluding hydrogens is 507 g/mol. The van der Waals surface area contributed by atoms with Crippen LogP contribution in [0.2, 0.25) is 0 Å². The molecule has 0 N–H and O–H groups in total. The Hall–Kier alpha value is -1.77. The maximum atomic E-state index is 13.9. The molecule has 0 saturated carbocycles. The van der Waals surface area contributed by atoms with Crippen molar-refractivity contribution < 1.29 is 14.7 Å². The molecule has 0 amide bonds. The molecule has 0 saturated heterocycles. The molecule has 0 unspecified atom stereocenters. The number of benzene rings is 2. The van der Waals surface area contributed by atoms with E-state index in [0.29, 0.717) is 5.56 Å². The van der Waals surface area contributed by atoms with Gasteiger partial charge in [0.05, 0.1) is 18.5 Å². The van der Waals surface area contributed by atoms with Gasteiger partial charge in [-0.15, -0.1) is 0 Å². The molecule has 0 bridgehead atoms. The first kappa shape index (κ1) is 26.8. The van der Waals surface area contributed by atoms with Crippen LogP contribution in [0.5, 0.6) is 0 Å². The van der Waals surface area contributed by atoms with Crippen molar-refractivity contribution in [3.63, 3.8) is 0 Å². The fraction of sp³-hybridized carbons (Fsp3) is 0.448. The Morgan fingerprint density at radius 3 is 1.76 bits per heavy atom. The maximum absolute atomic E-state index is 13.9. The van der Waals surface area contributed by atoms with Gasteiger partial charge in [0.2, 0.25) is 11.6 Å². The molecule has 2 aromatic carbocycles. The quantitative estimate of drug-likeness (QED) is 0.207. The summed E-state index contributed by atoms with van der Waals surface area (Å²) in [5.41, 5.74) is 1.56. The lowest BCUT2D eigenvalue weighted by Gasteiger charge is -2.39. The van der Waals surface area contributed by atoms with Gasteiger partial charge in [0, 0.05) is 22.9 Å². The third kappa shape index (κ3) is 5.55. The molecule has 0 heterocycles. The van der Waals surface area contributed by atoms with E-state index < -0.39 is 18.8 Å². The van der Waals surface area contributed by atoms with E-state index in [1.165, 1.54) is 0 Å². The minimum Gasteiger partial charge on any atom is -0.872 e. The number of carbonyl (C=O) groups is 2. The first-order valence-electron chi connectivity index (χ1n) is 12.6. The number of carbonyl (C=O) groups excluding carboxylic acids is 2. The third-order valence-electron chi connectivity index (χ3n) is 6.99. The van der Waals surface area contributed by atoms with Crippen molar-refractivity contribution in [2.45, 2.75) is 65.0 Å². The smallest absolute Gasteiger partial charge is 0.233 e. The molecule has 0 aliphatic heterocycles. The van der Waals surface area contributed by atoms with Gasteiger partial charge in [0.25, 0.3) is 0 Å². The van der Waals surface area contributed by atoms with Gasteiger partial charge in [-0.05, 0) is 42.5 Å². The van der Waals surface area contributed by atoms with Crippen LogP contribution in [0, 0.1) is 0 Å². The lowest BCUT2D eigenvalue weighted by Crippen LogP contribution is -2.33. The molecule has 0 spiro atoms. The van der Waals surface area contributed by atoms with Crippen molar-refractivity contribution in [2.24, 2.45) is 0 Å². The summed E-state index contributed by atoms with van der Waals surface area (Å²) >= 11 is 3.54. The molecule has 2 aromatic rings. The van der Waals surface area contributed by atoms with Gasteiger partial charge in [-0.3, -0.25) is 9.59 Å². The monoisotopic (exact) mass is 542 g/mol. The zero-order chi connectivity index (χ0) is 24.7. The Morgan fingerprint density at radius 2 is 1.26 bits per heavy atom. The van der Waals surface area contributed by atoms with Crippen LogP contribution in [0.1, 0.15) is 86.4 Å². The number of hydrogen-bond donors (Lipinski definition) is 0. The second-order valence-electron chi connectivity index (χ2n) is 9.35. The van der Waals surface area contributed by atoms with E-state index in [4.69, 9.17) is 0 Å². The molecule has 5 heteroatoms. The molecule has 1 atom stereocenters. The Kier molecular flexibility index (Phi) is 9.68. The van der Waals surface area contributed by atoms with Crippen LogP contribution in [0.4, 0.5) is 0 Å². The van der Waals surface area contributed by atoms with Gasteiger partial charge in [0.15, 0.2) is 0 Å². The molecule has 3 rings (SSSR count). The number of allylic oxidation sites excluding steroid dienone is 1. The summed E-state index contributed by atoms with van der Waals surface area (Å²) in [5.74, 6) is -1.38. The number of hydrogen-bond acceptors (Lipinski definition) is 3. The number of ketones is 2. The van der Waals surface area contributed by atoms with Crippen molar-refractivity contribution in [3.8, 4) is 0 Å². The second-order valence-corrected chi connectivity index (χ2v) is 14.6. The summed E-state index contributed by atoms with van der Waals surface area (Å²) in [4.78, 5) is 26.9. The predicted octanol–water partition coefficient (Wildman–Crippen LogP) is 7.45. The SMILES string of the molecule is CCCC[P+](CCCC)(CCCC)[C@@H](C1=C([O-])c2ccccc2C(=O)C1=O)c1ccc(Br)cc1. The van der Waals surface area contributed by atoms with Crippen LogP contribution in [0.25, 0.3) is 5.76 Å². The van der Waals surface area contributed by atoms with Crippen LogP contribution in [-0.4, -0.2) is 30.1 Å². The van der Waals surface area contributed by atoms with E-state index in [1.54, 1.807) is 24.3 Å². The van der Waals surface area contributed by atoms with Gasteiger partial charge in [-0.25, -0.2) is 0 Å². The Morgan fingerprint density at radius 1 is 0.765 bits per heavy atom. The molecule has 182 valence electrons. The van der Waals surface area contributed by atoms with Gasteiger partial charge >= 0.3 is 0 Å². The van der Waals surface area contributed by atoms with Crippen molar-refractivity contribution in [1.82, 2.24) is 0 Å². The summed E-state index contributed by atoms with van der Waals surface area (Å²) in [6.45, 7) is 6.60. The highest BCUT2D eigenvalue weighted by atomic mass is 79.9. The van der Waals surface area contributed by atoms with E-state index in [-0.39, 0.29) is 22.6 Å². The number of Topliss-reactive ketones (excluding diaryl/α,β-unsaturated/α-hetero) is 2. The van der Waals surface area contributed by atoms with E-state index >= 15 is 0 Å². The molecule has 3 nitrogen and oxygen atoms in total. The first-order chi connectivity index (χ1) is 16.4. The average Bonchev–Trinajstić information content (AvgIpc) is 2.86. The first-order valence-corrected chi connectivity index (χ1v) is 15.8. The normalized spacial score (nSPS) is 14.9. The molecule has 34 heavy (non-hydrogen) atoms. The highest BCUT2D eigenvalue weighted by molar-refractivity contribution is 9.10. The summed E-state index contributed by atoms with van der Waals surface area (Å²) in [7, 11) is -1.82. The number of fused-ring (bicyclic) bond motifs is 1. The molecule has 0 radical (unpaired) electrons. The number of halogens is 1. The highest BCUT2D eigenvalue weighted by Crippen LogP contribution is 2.73. The number of unbranched alkanes of at least 4 members (excludes halogenated alkanes) is 3. The van der Waals surface area contributed by atoms with Gasteiger partial charge in [0.1, 0.15) is 5.66 Å². The van der Waals surface area contributed by atoms with E-state index in [9.17, 15) is 14.7 Å². The Balaban J connectivity index is 2.32. The van der Waals surface area contributed by atoms with Crippen molar-refractivity contribution in [1.29, 1.82) is 0 Å². The van der Waals surface area contributed by atoms with Crippen LogP contribution in [0.3, 0.4) is 0 Å². The zero-order valence-corrected chi connectivity index (χ0v) is 23.1. The van der Waals surface area contributed by atoms with Crippen molar-refractivity contribution in [3.05, 3.63) is 75.3 Å². The summed E-state index contributed by atoms with van der Waals surface area (Å²) < 4.78 is 0.960. The lowest BCUT2D eigenvalue weighted by atomic mass is 9.85. The number of rotatable bonds is 12. The summed E-state index contributed by atoms with van der Waals surface area (Å²) in [5, 5.41) is 13.9. The van der Waals surface area contributed by atoms with Crippen LogP contribution >= 0.6 is 23.2 Å². The minimum absolute atomic E-state index is 0.225. The lowest BCUT2D eigenvalue weighted by molar-refractivity contribution is -0.245. The van der Waals surface area contributed by atoms with Gasteiger partial charge in [-0.2, -0.15) is 0 Å². The van der Waals surface area contributed by atoms with E-state index in [1.807, 2.05) is 24.3 Å². The summed E-state index contributed by atoms with van der Waals surface area (Å²) in [6.07, 6.45) is 9.60. The third-order valence-corrected chi connectivity index (χ3v) is 12.8. The molecule has 0 fully saturated rings. The summed E-state index contributed by atoms with van der Waals surface area (Å²) in [6, 6.07) is 14.9. The molecule has 1 aliphatic carbocycles. The average molecular weight is 543 g/mol. The Bertz CT molecular complexity index is 1020. The predicted molar refractivity (Wildman–Crippen MR) is 146 cm³/mol. The molecule has 0 aromatic heterocycles.